The Balaban J connectivity index is 1.41. The Morgan fingerprint density at radius 3 is 2.41 bits per heavy atom. The fourth-order valence-corrected chi connectivity index (χ4v) is 4.34. The summed E-state index contributed by atoms with van der Waals surface area (Å²) in [5.74, 6) is 0.0225. The van der Waals surface area contributed by atoms with Gasteiger partial charge in [0.1, 0.15) is 0 Å². The van der Waals surface area contributed by atoms with Crippen molar-refractivity contribution < 1.29 is 4.79 Å². The molecule has 1 aliphatic heterocycles. The van der Waals surface area contributed by atoms with Crippen LogP contribution in [0.3, 0.4) is 0 Å². The van der Waals surface area contributed by atoms with Crippen molar-refractivity contribution >= 4 is 28.4 Å². The van der Waals surface area contributed by atoms with Gasteiger partial charge in [0.05, 0.1) is 16.8 Å². The van der Waals surface area contributed by atoms with Crippen LogP contribution in [0.5, 0.6) is 0 Å². The van der Waals surface area contributed by atoms with Gasteiger partial charge in [-0.3, -0.25) is 14.7 Å². The SMILES string of the molecule is O=C(c1cc(-c2ccncc2)nc2ccc(Cl)cc12)N1CCN(Cc2ccccc2)CC1. The summed E-state index contributed by atoms with van der Waals surface area (Å²) in [6.45, 7) is 3.99. The minimum atomic E-state index is 0.0225. The molecule has 32 heavy (non-hydrogen) atoms. The molecule has 3 heterocycles. The molecule has 0 bridgehead atoms. The minimum absolute atomic E-state index is 0.0225. The smallest absolute Gasteiger partial charge is 0.254 e. The normalized spacial score (nSPS) is 14.6. The highest BCUT2D eigenvalue weighted by Gasteiger charge is 2.24. The zero-order valence-corrected chi connectivity index (χ0v) is 18.4. The molecule has 4 aromatic rings. The zero-order chi connectivity index (χ0) is 21.9. The first-order valence-corrected chi connectivity index (χ1v) is 11.1. The summed E-state index contributed by atoms with van der Waals surface area (Å²) in [6, 6.07) is 21.7. The van der Waals surface area contributed by atoms with E-state index in [1.54, 1.807) is 12.4 Å². The number of carbonyl (C=O) groups excluding carboxylic acids is 1. The maximum absolute atomic E-state index is 13.6. The van der Waals surface area contributed by atoms with Gasteiger partial charge in [0.25, 0.3) is 5.91 Å². The number of piperazine rings is 1. The van der Waals surface area contributed by atoms with Crippen LogP contribution in [-0.4, -0.2) is 51.9 Å². The van der Waals surface area contributed by atoms with Gasteiger partial charge in [0.2, 0.25) is 0 Å². The third kappa shape index (κ3) is 4.35. The standard InChI is InChI=1S/C26H23ClN4O/c27-21-6-7-24-22(16-21)23(17-25(29-24)20-8-10-28-11-9-20)26(32)31-14-12-30(13-15-31)18-19-4-2-1-3-5-19/h1-11,16-17H,12-15,18H2. The van der Waals surface area contributed by atoms with Crippen molar-refractivity contribution in [1.82, 2.24) is 19.8 Å². The van der Waals surface area contributed by atoms with Gasteiger partial charge in [-0.2, -0.15) is 0 Å². The highest BCUT2D eigenvalue weighted by Crippen LogP contribution is 2.28. The van der Waals surface area contributed by atoms with Gasteiger partial charge >= 0.3 is 0 Å². The summed E-state index contributed by atoms with van der Waals surface area (Å²) in [4.78, 5) is 26.8. The van der Waals surface area contributed by atoms with Crippen LogP contribution >= 0.6 is 11.6 Å². The van der Waals surface area contributed by atoms with Crippen LogP contribution in [0, 0.1) is 0 Å². The van der Waals surface area contributed by atoms with Crippen LogP contribution in [0.25, 0.3) is 22.2 Å². The van der Waals surface area contributed by atoms with E-state index in [1.165, 1.54) is 5.56 Å². The highest BCUT2D eigenvalue weighted by molar-refractivity contribution is 6.31. The van der Waals surface area contributed by atoms with Gasteiger partial charge in [-0.15, -0.1) is 0 Å². The molecular formula is C26H23ClN4O. The molecule has 0 spiro atoms. The zero-order valence-electron chi connectivity index (χ0n) is 17.6. The van der Waals surface area contributed by atoms with Crippen LogP contribution < -0.4 is 0 Å². The average molecular weight is 443 g/mol. The van der Waals surface area contributed by atoms with Gasteiger partial charge in [-0.25, -0.2) is 4.98 Å². The largest absolute Gasteiger partial charge is 0.336 e. The second-order valence-electron chi connectivity index (χ2n) is 8.01. The maximum Gasteiger partial charge on any atom is 0.254 e. The number of aromatic nitrogens is 2. The van der Waals surface area contributed by atoms with E-state index in [1.807, 2.05) is 47.4 Å². The summed E-state index contributed by atoms with van der Waals surface area (Å²) in [6.07, 6.45) is 3.47. The molecule has 160 valence electrons. The molecule has 0 aliphatic carbocycles. The van der Waals surface area contributed by atoms with E-state index in [9.17, 15) is 4.79 Å². The van der Waals surface area contributed by atoms with E-state index in [0.717, 1.165) is 41.8 Å². The molecule has 1 fully saturated rings. The van der Waals surface area contributed by atoms with Crippen LogP contribution in [0.4, 0.5) is 0 Å². The predicted octanol–water partition coefficient (Wildman–Crippen LogP) is 4.91. The summed E-state index contributed by atoms with van der Waals surface area (Å²) in [5.41, 5.74) is 4.38. The molecule has 5 rings (SSSR count). The van der Waals surface area contributed by atoms with E-state index in [4.69, 9.17) is 16.6 Å². The monoisotopic (exact) mass is 442 g/mol. The van der Waals surface area contributed by atoms with E-state index in [0.29, 0.717) is 23.7 Å². The Bertz CT molecular complexity index is 1240. The molecular weight excluding hydrogens is 420 g/mol. The minimum Gasteiger partial charge on any atom is -0.336 e. The van der Waals surface area contributed by atoms with Crippen LogP contribution in [-0.2, 0) is 6.54 Å². The lowest BCUT2D eigenvalue weighted by atomic mass is 10.0. The van der Waals surface area contributed by atoms with Crippen LogP contribution in [0.2, 0.25) is 5.02 Å². The predicted molar refractivity (Wildman–Crippen MR) is 128 cm³/mol. The van der Waals surface area contributed by atoms with E-state index in [2.05, 4.69) is 34.1 Å². The van der Waals surface area contributed by atoms with Crippen molar-refractivity contribution in [1.29, 1.82) is 0 Å². The summed E-state index contributed by atoms with van der Waals surface area (Å²) >= 11 is 6.27. The molecule has 0 atom stereocenters. The van der Waals surface area contributed by atoms with Crippen molar-refractivity contribution in [3.8, 4) is 11.3 Å². The lowest BCUT2D eigenvalue weighted by molar-refractivity contribution is 0.0630. The van der Waals surface area contributed by atoms with E-state index < -0.39 is 0 Å². The Kier molecular flexibility index (Phi) is 5.84. The molecule has 0 unspecified atom stereocenters. The first-order chi connectivity index (χ1) is 15.7. The van der Waals surface area contributed by atoms with Crippen molar-refractivity contribution in [3.05, 3.63) is 95.3 Å². The van der Waals surface area contributed by atoms with Gasteiger partial charge in [0, 0.05) is 61.1 Å². The van der Waals surface area contributed by atoms with Crippen molar-refractivity contribution in [2.75, 3.05) is 26.2 Å². The number of nitrogens with zero attached hydrogens (tertiary/aromatic N) is 4. The summed E-state index contributed by atoms with van der Waals surface area (Å²) in [5, 5.41) is 1.38. The molecule has 1 aliphatic rings. The first kappa shape index (κ1) is 20.6. The average Bonchev–Trinajstić information content (AvgIpc) is 2.85. The Labute approximate surface area is 192 Å². The number of pyridine rings is 2. The summed E-state index contributed by atoms with van der Waals surface area (Å²) in [7, 11) is 0. The third-order valence-corrected chi connectivity index (χ3v) is 6.12. The third-order valence-electron chi connectivity index (χ3n) is 5.89. The quantitative estimate of drug-likeness (QED) is 0.450. The van der Waals surface area contributed by atoms with Crippen molar-refractivity contribution in [2.24, 2.45) is 0 Å². The van der Waals surface area contributed by atoms with Gasteiger partial charge in [-0.05, 0) is 42.0 Å². The van der Waals surface area contributed by atoms with Gasteiger partial charge in [-0.1, -0.05) is 41.9 Å². The number of benzene rings is 2. The number of rotatable bonds is 4. The lowest BCUT2D eigenvalue weighted by Crippen LogP contribution is -2.48. The van der Waals surface area contributed by atoms with Crippen molar-refractivity contribution in [2.45, 2.75) is 6.54 Å². The molecule has 0 N–H and O–H groups in total. The summed E-state index contributed by atoms with van der Waals surface area (Å²) < 4.78 is 0. The Morgan fingerprint density at radius 1 is 0.906 bits per heavy atom. The van der Waals surface area contributed by atoms with Crippen LogP contribution in [0.1, 0.15) is 15.9 Å². The second-order valence-corrected chi connectivity index (χ2v) is 8.44. The number of hydrogen-bond donors (Lipinski definition) is 0. The number of fused-ring (bicyclic) bond motifs is 1. The highest BCUT2D eigenvalue weighted by atomic mass is 35.5. The number of hydrogen-bond acceptors (Lipinski definition) is 4. The fourth-order valence-electron chi connectivity index (χ4n) is 4.17. The van der Waals surface area contributed by atoms with E-state index >= 15 is 0 Å². The molecule has 5 nitrogen and oxygen atoms in total. The number of amides is 1. The maximum atomic E-state index is 13.6. The molecule has 0 saturated carbocycles. The Morgan fingerprint density at radius 2 is 1.66 bits per heavy atom. The molecule has 1 saturated heterocycles. The molecule has 6 heteroatoms. The number of carbonyl (C=O) groups is 1. The fraction of sp³-hybridized carbons (Fsp3) is 0.192. The second kappa shape index (κ2) is 9.07. The van der Waals surface area contributed by atoms with Crippen LogP contribution in [0.15, 0.2) is 79.1 Å². The first-order valence-electron chi connectivity index (χ1n) is 10.7. The van der Waals surface area contributed by atoms with Crippen molar-refractivity contribution in [3.63, 3.8) is 0 Å². The molecule has 0 radical (unpaired) electrons. The lowest BCUT2D eigenvalue weighted by Gasteiger charge is -2.35. The van der Waals surface area contributed by atoms with Gasteiger partial charge in [0.15, 0.2) is 0 Å². The molecule has 2 aromatic heterocycles. The van der Waals surface area contributed by atoms with E-state index in [-0.39, 0.29) is 5.91 Å². The number of halogens is 1. The van der Waals surface area contributed by atoms with Gasteiger partial charge < -0.3 is 4.90 Å². The Hall–Kier alpha value is -3.28. The topological polar surface area (TPSA) is 49.3 Å². The molecule has 2 aromatic carbocycles. The molecule has 1 amide bonds.